The highest BCUT2D eigenvalue weighted by molar-refractivity contribution is 6.01. The predicted octanol–water partition coefficient (Wildman–Crippen LogP) is 5.72. The number of hydrogen-bond donors (Lipinski definition) is 2. The lowest BCUT2D eigenvalue weighted by molar-refractivity contribution is -0.136. The minimum absolute atomic E-state index is 0.0764. The van der Waals surface area contributed by atoms with E-state index in [2.05, 4.69) is 10.1 Å². The first-order chi connectivity index (χ1) is 17.5. The zero-order valence-electron chi connectivity index (χ0n) is 19.8. The van der Waals surface area contributed by atoms with Gasteiger partial charge in [0.05, 0.1) is 12.1 Å². The molecule has 1 aromatic heterocycles. The van der Waals surface area contributed by atoms with Gasteiger partial charge in [-0.3, -0.25) is 4.79 Å². The minimum atomic E-state index is -0.922. The number of hydrogen-bond acceptors (Lipinski definition) is 7. The number of oxazole rings is 1. The molecule has 0 spiro atoms. The molecule has 8 heteroatoms. The van der Waals surface area contributed by atoms with Crippen LogP contribution in [0.3, 0.4) is 0 Å². The van der Waals surface area contributed by atoms with Crippen LogP contribution < -0.4 is 4.74 Å². The van der Waals surface area contributed by atoms with E-state index in [9.17, 15) is 9.90 Å². The van der Waals surface area contributed by atoms with E-state index in [0.29, 0.717) is 28.7 Å². The summed E-state index contributed by atoms with van der Waals surface area (Å²) < 4.78 is 11.6. The van der Waals surface area contributed by atoms with Gasteiger partial charge >= 0.3 is 5.97 Å². The van der Waals surface area contributed by atoms with Crippen molar-refractivity contribution in [3.8, 4) is 23.0 Å². The normalized spacial score (nSPS) is 11.3. The molecule has 0 atom stereocenters. The van der Waals surface area contributed by atoms with E-state index in [-0.39, 0.29) is 31.8 Å². The second kappa shape index (κ2) is 11.7. The van der Waals surface area contributed by atoms with Crippen LogP contribution in [0.4, 0.5) is 0 Å². The summed E-state index contributed by atoms with van der Waals surface area (Å²) in [6, 6.07) is 23.5. The first-order valence-corrected chi connectivity index (χ1v) is 11.4. The van der Waals surface area contributed by atoms with Gasteiger partial charge in [-0.15, -0.1) is 0 Å². The molecule has 36 heavy (non-hydrogen) atoms. The van der Waals surface area contributed by atoms with Crippen LogP contribution >= 0.6 is 0 Å². The standard InChI is InChI=1S/C28H26N2O6/c1-19-26(29-28(36-19)22-5-3-2-4-6-22)18-34-24-13-7-20(8-14-24)17-35-30-25(15-16-27(32)33)21-9-11-23(31)12-10-21/h2-14,31H,15-18H2,1H3,(H,32,33)/b30-25+. The van der Waals surface area contributed by atoms with E-state index >= 15 is 0 Å². The van der Waals surface area contributed by atoms with Crippen molar-refractivity contribution in [2.75, 3.05) is 0 Å². The molecule has 0 amide bonds. The molecule has 4 aromatic rings. The van der Waals surface area contributed by atoms with Crippen LogP contribution in [0.25, 0.3) is 11.5 Å². The van der Waals surface area contributed by atoms with Crippen molar-refractivity contribution in [1.82, 2.24) is 4.98 Å². The topological polar surface area (TPSA) is 114 Å². The Balaban J connectivity index is 1.33. The van der Waals surface area contributed by atoms with Gasteiger partial charge in [-0.2, -0.15) is 0 Å². The molecular formula is C28H26N2O6. The monoisotopic (exact) mass is 486 g/mol. The zero-order chi connectivity index (χ0) is 25.3. The van der Waals surface area contributed by atoms with Gasteiger partial charge in [-0.25, -0.2) is 4.98 Å². The van der Waals surface area contributed by atoms with Crippen LogP contribution in [0.2, 0.25) is 0 Å². The number of aromatic nitrogens is 1. The smallest absolute Gasteiger partial charge is 0.303 e. The van der Waals surface area contributed by atoms with Gasteiger partial charge in [0.15, 0.2) is 0 Å². The third kappa shape index (κ3) is 6.73. The lowest BCUT2D eigenvalue weighted by atomic mass is 10.1. The molecule has 184 valence electrons. The maximum Gasteiger partial charge on any atom is 0.303 e. The second-order valence-electron chi connectivity index (χ2n) is 8.07. The maximum atomic E-state index is 11.0. The van der Waals surface area contributed by atoms with Crippen molar-refractivity contribution in [2.45, 2.75) is 33.0 Å². The Labute approximate surface area is 208 Å². The molecular weight excluding hydrogens is 460 g/mol. The number of aromatic hydroxyl groups is 1. The van der Waals surface area contributed by atoms with Crippen molar-refractivity contribution in [2.24, 2.45) is 5.16 Å². The Hall–Kier alpha value is -4.59. The molecule has 0 saturated carbocycles. The molecule has 0 bridgehead atoms. The number of ether oxygens (including phenoxy) is 1. The number of aliphatic carboxylic acids is 1. The van der Waals surface area contributed by atoms with Gasteiger partial charge < -0.3 is 24.2 Å². The Kier molecular flexibility index (Phi) is 7.97. The molecule has 1 heterocycles. The van der Waals surface area contributed by atoms with Crippen LogP contribution in [0.5, 0.6) is 11.5 Å². The fourth-order valence-electron chi connectivity index (χ4n) is 3.41. The van der Waals surface area contributed by atoms with Gasteiger partial charge in [0.2, 0.25) is 5.89 Å². The van der Waals surface area contributed by atoms with E-state index in [1.54, 1.807) is 12.1 Å². The third-order valence-electron chi connectivity index (χ3n) is 5.39. The molecule has 0 aliphatic rings. The number of carboxylic acid groups (broad SMARTS) is 1. The number of aryl methyl sites for hydroxylation is 1. The second-order valence-corrected chi connectivity index (χ2v) is 8.07. The van der Waals surface area contributed by atoms with Gasteiger partial charge in [-0.05, 0) is 66.6 Å². The van der Waals surface area contributed by atoms with E-state index in [1.807, 2.05) is 61.5 Å². The fourth-order valence-corrected chi connectivity index (χ4v) is 3.41. The highest BCUT2D eigenvalue weighted by Crippen LogP contribution is 2.23. The average molecular weight is 487 g/mol. The van der Waals surface area contributed by atoms with Crippen molar-refractivity contribution in [3.63, 3.8) is 0 Å². The summed E-state index contributed by atoms with van der Waals surface area (Å²) in [6.45, 7) is 2.35. The highest BCUT2D eigenvalue weighted by Gasteiger charge is 2.12. The fraction of sp³-hybridized carbons (Fsp3) is 0.179. The number of phenols is 1. The lowest BCUT2D eigenvalue weighted by Gasteiger charge is -2.08. The molecule has 3 aromatic carbocycles. The largest absolute Gasteiger partial charge is 0.508 e. The summed E-state index contributed by atoms with van der Waals surface area (Å²) in [5.74, 6) is 1.15. The van der Waals surface area contributed by atoms with Crippen LogP contribution in [0.15, 0.2) is 88.4 Å². The van der Waals surface area contributed by atoms with Crippen molar-refractivity contribution in [1.29, 1.82) is 0 Å². The molecule has 0 aliphatic carbocycles. The number of oxime groups is 1. The zero-order valence-corrected chi connectivity index (χ0v) is 19.8. The number of nitrogens with zero attached hydrogens (tertiary/aromatic N) is 2. The van der Waals surface area contributed by atoms with Crippen LogP contribution in [0, 0.1) is 6.92 Å². The minimum Gasteiger partial charge on any atom is -0.508 e. The van der Waals surface area contributed by atoms with E-state index in [1.165, 1.54) is 12.1 Å². The summed E-state index contributed by atoms with van der Waals surface area (Å²) in [5.41, 5.74) is 3.71. The van der Waals surface area contributed by atoms with E-state index in [4.69, 9.17) is 19.1 Å². The molecule has 0 radical (unpaired) electrons. The van der Waals surface area contributed by atoms with Crippen LogP contribution in [0.1, 0.15) is 35.4 Å². The van der Waals surface area contributed by atoms with Gasteiger partial charge in [0.1, 0.15) is 36.2 Å². The van der Waals surface area contributed by atoms with Gasteiger partial charge in [0, 0.05) is 12.0 Å². The number of rotatable bonds is 11. The molecule has 2 N–H and O–H groups in total. The average Bonchev–Trinajstić information content (AvgIpc) is 3.27. The number of benzene rings is 3. The summed E-state index contributed by atoms with van der Waals surface area (Å²) in [4.78, 5) is 21.0. The van der Waals surface area contributed by atoms with Crippen LogP contribution in [-0.2, 0) is 22.8 Å². The summed E-state index contributed by atoms with van der Waals surface area (Å²) in [7, 11) is 0. The summed E-state index contributed by atoms with van der Waals surface area (Å²) in [5, 5.41) is 22.6. The molecule has 0 saturated heterocycles. The van der Waals surface area contributed by atoms with Crippen molar-refractivity contribution >= 4 is 11.7 Å². The van der Waals surface area contributed by atoms with Crippen molar-refractivity contribution < 1.29 is 29.0 Å². The predicted molar refractivity (Wildman–Crippen MR) is 134 cm³/mol. The lowest BCUT2D eigenvalue weighted by Crippen LogP contribution is -2.06. The summed E-state index contributed by atoms with van der Waals surface area (Å²) in [6.07, 6.45) is 0.132. The van der Waals surface area contributed by atoms with E-state index in [0.717, 1.165) is 16.8 Å². The van der Waals surface area contributed by atoms with E-state index < -0.39 is 5.97 Å². The summed E-state index contributed by atoms with van der Waals surface area (Å²) >= 11 is 0. The first kappa shape index (κ1) is 24.5. The number of carboxylic acids is 1. The highest BCUT2D eigenvalue weighted by atomic mass is 16.6. The number of phenolic OH excluding ortho intramolecular Hbond substituents is 1. The SMILES string of the molecule is Cc1oc(-c2ccccc2)nc1COc1ccc(CO/N=C(\CCC(=O)O)c2ccc(O)cc2)cc1. The Morgan fingerprint density at radius 1 is 0.944 bits per heavy atom. The van der Waals surface area contributed by atoms with Crippen LogP contribution in [-0.4, -0.2) is 26.9 Å². The molecule has 0 fully saturated rings. The first-order valence-electron chi connectivity index (χ1n) is 11.4. The third-order valence-corrected chi connectivity index (χ3v) is 5.39. The molecule has 0 unspecified atom stereocenters. The molecule has 4 rings (SSSR count). The van der Waals surface area contributed by atoms with Gasteiger partial charge in [0.25, 0.3) is 0 Å². The molecule has 8 nitrogen and oxygen atoms in total. The maximum absolute atomic E-state index is 11.0. The van der Waals surface area contributed by atoms with Crippen molar-refractivity contribution in [3.05, 3.63) is 101 Å². The van der Waals surface area contributed by atoms with Gasteiger partial charge in [-0.1, -0.05) is 35.5 Å². The quantitative estimate of drug-likeness (QED) is 0.206. The Bertz CT molecular complexity index is 1310. The number of carbonyl (C=O) groups is 1. The Morgan fingerprint density at radius 3 is 2.36 bits per heavy atom. The molecule has 0 aliphatic heterocycles. The Morgan fingerprint density at radius 2 is 1.67 bits per heavy atom.